The molecule has 0 aromatic heterocycles. The van der Waals surface area contributed by atoms with Crippen LogP contribution < -0.4 is 5.32 Å². The zero-order valence-electron chi connectivity index (χ0n) is 10.5. The molecule has 1 aliphatic rings. The first kappa shape index (κ1) is 12.5. The van der Waals surface area contributed by atoms with Crippen molar-refractivity contribution in [1.29, 1.82) is 0 Å². The maximum absolute atomic E-state index is 11.6. The van der Waals surface area contributed by atoms with Crippen LogP contribution in [0.25, 0.3) is 0 Å². The van der Waals surface area contributed by atoms with Crippen LogP contribution in [0.2, 0.25) is 0 Å². The van der Waals surface area contributed by atoms with Crippen molar-refractivity contribution >= 4 is 5.91 Å². The van der Waals surface area contributed by atoms with Gasteiger partial charge in [-0.1, -0.05) is 13.8 Å². The molecule has 0 aromatic rings. The summed E-state index contributed by atoms with van der Waals surface area (Å²) in [6.07, 6.45) is 0.180. The SMILES string of the molecule is CC1NCC(=O)N1CC(C)(C)CN(C)C. The number of amides is 1. The largest absolute Gasteiger partial charge is 0.326 e. The Labute approximate surface area is 92.6 Å². The van der Waals surface area contributed by atoms with Crippen LogP contribution >= 0.6 is 0 Å². The van der Waals surface area contributed by atoms with E-state index in [2.05, 4.69) is 38.2 Å². The second-order valence-electron chi connectivity index (χ2n) is 5.48. The van der Waals surface area contributed by atoms with E-state index < -0.39 is 0 Å². The lowest BCUT2D eigenvalue weighted by Crippen LogP contribution is -2.44. The van der Waals surface area contributed by atoms with Gasteiger partial charge in [0.1, 0.15) is 0 Å². The van der Waals surface area contributed by atoms with Crippen molar-refractivity contribution in [3.63, 3.8) is 0 Å². The third-order valence-electron chi connectivity index (χ3n) is 2.68. The fourth-order valence-electron chi connectivity index (χ4n) is 2.26. The Bertz CT molecular complexity index is 238. The summed E-state index contributed by atoms with van der Waals surface area (Å²) in [6.45, 7) is 8.73. The molecule has 15 heavy (non-hydrogen) atoms. The van der Waals surface area contributed by atoms with Crippen LogP contribution in [0.3, 0.4) is 0 Å². The van der Waals surface area contributed by atoms with Gasteiger partial charge in [-0.05, 0) is 26.4 Å². The van der Waals surface area contributed by atoms with E-state index in [0.717, 1.165) is 13.1 Å². The Balaban J connectivity index is 2.55. The molecule has 0 aromatic carbocycles. The average molecular weight is 213 g/mol. The second-order valence-corrected chi connectivity index (χ2v) is 5.48. The summed E-state index contributed by atoms with van der Waals surface area (Å²) < 4.78 is 0. The third-order valence-corrected chi connectivity index (χ3v) is 2.68. The number of carbonyl (C=O) groups excluding carboxylic acids is 1. The van der Waals surface area contributed by atoms with Crippen molar-refractivity contribution in [2.75, 3.05) is 33.7 Å². The zero-order valence-corrected chi connectivity index (χ0v) is 10.5. The van der Waals surface area contributed by atoms with Gasteiger partial charge in [-0.15, -0.1) is 0 Å². The quantitative estimate of drug-likeness (QED) is 0.732. The van der Waals surface area contributed by atoms with E-state index in [1.807, 2.05) is 11.8 Å². The topological polar surface area (TPSA) is 35.6 Å². The van der Waals surface area contributed by atoms with Crippen molar-refractivity contribution in [1.82, 2.24) is 15.1 Å². The Morgan fingerprint density at radius 1 is 1.53 bits per heavy atom. The van der Waals surface area contributed by atoms with Crippen molar-refractivity contribution < 1.29 is 4.79 Å². The van der Waals surface area contributed by atoms with E-state index in [0.29, 0.717) is 6.54 Å². The lowest BCUT2D eigenvalue weighted by atomic mass is 9.92. The molecule has 0 saturated carbocycles. The Hall–Kier alpha value is -0.610. The standard InChI is InChI=1S/C11H23N3O/c1-9-12-6-10(15)14(9)8-11(2,3)7-13(4)5/h9,12H,6-8H2,1-5H3. The molecule has 0 bridgehead atoms. The predicted octanol–water partition coefficient (Wildman–Crippen LogP) is 0.352. The molecule has 1 unspecified atom stereocenters. The minimum absolute atomic E-state index is 0.138. The van der Waals surface area contributed by atoms with Crippen LogP contribution in [0.5, 0.6) is 0 Å². The number of carbonyl (C=O) groups is 1. The summed E-state index contributed by atoms with van der Waals surface area (Å²) in [6, 6.07) is 0. The normalized spacial score (nSPS) is 22.9. The Morgan fingerprint density at radius 2 is 2.13 bits per heavy atom. The molecular weight excluding hydrogens is 190 g/mol. The maximum Gasteiger partial charge on any atom is 0.237 e. The van der Waals surface area contributed by atoms with Gasteiger partial charge in [0, 0.05) is 13.1 Å². The van der Waals surface area contributed by atoms with Crippen LogP contribution in [-0.4, -0.2) is 55.6 Å². The Morgan fingerprint density at radius 3 is 2.53 bits per heavy atom. The van der Waals surface area contributed by atoms with Gasteiger partial charge in [0.15, 0.2) is 0 Å². The maximum atomic E-state index is 11.6. The van der Waals surface area contributed by atoms with Gasteiger partial charge in [-0.3, -0.25) is 10.1 Å². The molecule has 4 nitrogen and oxygen atoms in total. The van der Waals surface area contributed by atoms with E-state index in [1.54, 1.807) is 0 Å². The van der Waals surface area contributed by atoms with Gasteiger partial charge in [0.25, 0.3) is 0 Å². The van der Waals surface area contributed by atoms with E-state index >= 15 is 0 Å². The predicted molar refractivity (Wildman–Crippen MR) is 61.5 cm³/mol. The van der Waals surface area contributed by atoms with E-state index in [1.165, 1.54) is 0 Å². The molecular formula is C11H23N3O. The molecule has 4 heteroatoms. The minimum Gasteiger partial charge on any atom is -0.326 e. The molecule has 1 N–H and O–H groups in total. The fourth-order valence-corrected chi connectivity index (χ4v) is 2.26. The fraction of sp³-hybridized carbons (Fsp3) is 0.909. The molecule has 0 radical (unpaired) electrons. The molecule has 88 valence electrons. The molecule has 0 spiro atoms. The molecule has 1 rings (SSSR count). The van der Waals surface area contributed by atoms with Gasteiger partial charge >= 0.3 is 0 Å². The zero-order chi connectivity index (χ0) is 11.6. The van der Waals surface area contributed by atoms with Gasteiger partial charge in [-0.25, -0.2) is 0 Å². The van der Waals surface area contributed by atoms with E-state index in [-0.39, 0.29) is 17.5 Å². The summed E-state index contributed by atoms with van der Waals surface area (Å²) in [5, 5.41) is 3.16. The number of nitrogens with zero attached hydrogens (tertiary/aromatic N) is 2. The highest BCUT2D eigenvalue weighted by Crippen LogP contribution is 2.20. The first-order chi connectivity index (χ1) is 6.82. The van der Waals surface area contributed by atoms with Crippen molar-refractivity contribution in [2.24, 2.45) is 5.41 Å². The van der Waals surface area contributed by atoms with Crippen LogP contribution in [-0.2, 0) is 4.79 Å². The number of nitrogens with one attached hydrogen (secondary N) is 1. The average Bonchev–Trinajstić information content (AvgIpc) is 2.33. The van der Waals surface area contributed by atoms with Crippen LogP contribution in [0, 0.1) is 5.41 Å². The lowest BCUT2D eigenvalue weighted by molar-refractivity contribution is -0.129. The highest BCUT2D eigenvalue weighted by atomic mass is 16.2. The van der Waals surface area contributed by atoms with Gasteiger partial charge < -0.3 is 9.80 Å². The molecule has 1 fully saturated rings. The molecule has 0 aliphatic carbocycles. The van der Waals surface area contributed by atoms with Crippen molar-refractivity contribution in [3.8, 4) is 0 Å². The molecule has 1 aliphatic heterocycles. The number of rotatable bonds is 4. The minimum atomic E-state index is 0.138. The summed E-state index contributed by atoms with van der Waals surface area (Å²) in [4.78, 5) is 15.7. The smallest absolute Gasteiger partial charge is 0.237 e. The number of hydrogen-bond donors (Lipinski definition) is 1. The summed E-state index contributed by atoms with van der Waals surface area (Å²) in [7, 11) is 4.13. The van der Waals surface area contributed by atoms with Crippen LogP contribution in [0.4, 0.5) is 0 Å². The highest BCUT2D eigenvalue weighted by Gasteiger charge is 2.32. The van der Waals surface area contributed by atoms with Gasteiger partial charge in [0.2, 0.25) is 5.91 Å². The first-order valence-corrected chi connectivity index (χ1v) is 5.49. The molecule has 1 heterocycles. The molecule has 1 saturated heterocycles. The van der Waals surface area contributed by atoms with Crippen molar-refractivity contribution in [3.05, 3.63) is 0 Å². The van der Waals surface area contributed by atoms with E-state index in [9.17, 15) is 4.79 Å². The van der Waals surface area contributed by atoms with Gasteiger partial charge in [0.05, 0.1) is 12.7 Å². The summed E-state index contributed by atoms with van der Waals surface area (Å²) in [5.41, 5.74) is 0.138. The number of hydrogen-bond acceptors (Lipinski definition) is 3. The monoisotopic (exact) mass is 213 g/mol. The third kappa shape index (κ3) is 3.47. The van der Waals surface area contributed by atoms with Crippen molar-refractivity contribution in [2.45, 2.75) is 26.9 Å². The summed E-state index contributed by atoms with van der Waals surface area (Å²) >= 11 is 0. The first-order valence-electron chi connectivity index (χ1n) is 5.49. The van der Waals surface area contributed by atoms with Crippen LogP contribution in [0.1, 0.15) is 20.8 Å². The van der Waals surface area contributed by atoms with Gasteiger partial charge in [-0.2, -0.15) is 0 Å². The molecule has 1 atom stereocenters. The second kappa shape index (κ2) is 4.49. The Kier molecular flexibility index (Phi) is 3.73. The van der Waals surface area contributed by atoms with E-state index in [4.69, 9.17) is 0 Å². The lowest BCUT2D eigenvalue weighted by Gasteiger charge is -2.34. The summed E-state index contributed by atoms with van der Waals surface area (Å²) in [5.74, 6) is 0.217. The van der Waals surface area contributed by atoms with Crippen LogP contribution in [0.15, 0.2) is 0 Å². The molecule has 1 amide bonds. The highest BCUT2D eigenvalue weighted by molar-refractivity contribution is 5.80.